The number of benzene rings is 1. The van der Waals surface area contributed by atoms with Crippen molar-refractivity contribution in [1.82, 2.24) is 15.5 Å². The van der Waals surface area contributed by atoms with Gasteiger partial charge in [0.25, 0.3) is 0 Å². The number of carbonyl (C=O) groups is 1. The number of aliphatic imine (C=N–C) groups is 1. The topological polar surface area (TPSA) is 66.0 Å². The maximum Gasteiger partial charge on any atom is 0.222 e. The molecule has 1 unspecified atom stereocenters. The second-order valence-electron chi connectivity index (χ2n) is 6.65. The molecular formula is C20H33IN4O2. The molecule has 1 saturated heterocycles. The van der Waals surface area contributed by atoms with Gasteiger partial charge in [-0.05, 0) is 38.3 Å². The molecule has 2 rings (SSSR count). The molecule has 1 aliphatic rings. The molecule has 152 valence electrons. The summed E-state index contributed by atoms with van der Waals surface area (Å²) < 4.78 is 5.44. The summed E-state index contributed by atoms with van der Waals surface area (Å²) in [6.45, 7) is 9.12. The first-order chi connectivity index (χ1) is 12.6. The van der Waals surface area contributed by atoms with Crippen LogP contribution >= 0.6 is 24.0 Å². The third-order valence-electron chi connectivity index (χ3n) is 4.62. The Kier molecular flexibility index (Phi) is 10.5. The molecule has 1 atom stereocenters. The Balaban J connectivity index is 0.00000364. The van der Waals surface area contributed by atoms with Crippen LogP contribution in [0.5, 0.6) is 5.75 Å². The van der Waals surface area contributed by atoms with Gasteiger partial charge in [0.2, 0.25) is 5.91 Å². The van der Waals surface area contributed by atoms with Crippen LogP contribution in [0, 0.1) is 6.92 Å². The van der Waals surface area contributed by atoms with E-state index >= 15 is 0 Å². The Morgan fingerprint density at radius 3 is 2.81 bits per heavy atom. The number of rotatable bonds is 7. The average Bonchev–Trinajstić information content (AvgIpc) is 3.10. The number of hydrogen-bond donors (Lipinski definition) is 2. The van der Waals surface area contributed by atoms with Gasteiger partial charge in [-0.2, -0.15) is 0 Å². The van der Waals surface area contributed by atoms with Crippen LogP contribution in [-0.2, 0) is 11.2 Å². The molecule has 1 fully saturated rings. The Bertz CT molecular complexity index is 636. The van der Waals surface area contributed by atoms with E-state index in [1.54, 1.807) is 7.11 Å². The van der Waals surface area contributed by atoms with Crippen LogP contribution in [0.1, 0.15) is 37.8 Å². The first kappa shape index (κ1) is 23.5. The highest BCUT2D eigenvalue weighted by molar-refractivity contribution is 14.0. The first-order valence-corrected chi connectivity index (χ1v) is 9.53. The zero-order valence-corrected chi connectivity index (χ0v) is 19.2. The Hall–Kier alpha value is -1.51. The highest BCUT2D eigenvalue weighted by atomic mass is 127. The van der Waals surface area contributed by atoms with Crippen LogP contribution < -0.4 is 15.4 Å². The number of amides is 1. The molecular weight excluding hydrogens is 455 g/mol. The minimum atomic E-state index is 0. The molecule has 0 aromatic heterocycles. The molecule has 0 radical (unpaired) electrons. The van der Waals surface area contributed by atoms with Crippen LogP contribution in [0.2, 0.25) is 0 Å². The van der Waals surface area contributed by atoms with E-state index in [0.29, 0.717) is 13.0 Å². The van der Waals surface area contributed by atoms with Crippen molar-refractivity contribution in [2.75, 3.05) is 33.3 Å². The van der Waals surface area contributed by atoms with Crippen LogP contribution in [0.4, 0.5) is 0 Å². The number of hydrogen-bond acceptors (Lipinski definition) is 3. The molecule has 1 aromatic rings. The van der Waals surface area contributed by atoms with E-state index in [1.165, 1.54) is 11.1 Å². The van der Waals surface area contributed by atoms with Gasteiger partial charge in [-0.25, -0.2) is 0 Å². The van der Waals surface area contributed by atoms with Crippen molar-refractivity contribution in [2.45, 2.75) is 46.1 Å². The number of likely N-dealkylation sites (tertiary alicyclic amines) is 1. The van der Waals surface area contributed by atoms with Gasteiger partial charge >= 0.3 is 0 Å². The van der Waals surface area contributed by atoms with Gasteiger partial charge in [0, 0.05) is 38.6 Å². The molecule has 0 spiro atoms. The van der Waals surface area contributed by atoms with Crippen molar-refractivity contribution in [3.05, 3.63) is 29.3 Å². The van der Waals surface area contributed by atoms with E-state index < -0.39 is 0 Å². The predicted octanol–water partition coefficient (Wildman–Crippen LogP) is 2.73. The van der Waals surface area contributed by atoms with Crippen LogP contribution in [0.25, 0.3) is 0 Å². The second kappa shape index (κ2) is 12.0. The fourth-order valence-electron chi connectivity index (χ4n) is 3.23. The summed E-state index contributed by atoms with van der Waals surface area (Å²) in [6, 6.07) is 6.48. The van der Waals surface area contributed by atoms with E-state index in [9.17, 15) is 4.79 Å². The number of methoxy groups -OCH3 is 1. The fraction of sp³-hybridized carbons (Fsp3) is 0.600. The SMILES string of the molecule is CCNC(=NCCc1cc(C)ccc1OC)NC1CCN(C(=O)CC)C1.I. The minimum absolute atomic E-state index is 0. The van der Waals surface area contributed by atoms with E-state index in [0.717, 1.165) is 44.2 Å². The van der Waals surface area contributed by atoms with Gasteiger partial charge in [0.05, 0.1) is 7.11 Å². The standard InChI is InChI=1S/C20H32N4O2.HI/c1-5-19(25)24-12-10-17(14-24)23-20(21-6-2)22-11-9-16-13-15(3)7-8-18(16)26-4;/h7-8,13,17H,5-6,9-12,14H2,1-4H3,(H2,21,22,23);1H. The Morgan fingerprint density at radius 1 is 1.37 bits per heavy atom. The van der Waals surface area contributed by atoms with Gasteiger partial charge in [-0.3, -0.25) is 9.79 Å². The van der Waals surface area contributed by atoms with Crippen LogP contribution in [0.3, 0.4) is 0 Å². The van der Waals surface area contributed by atoms with Gasteiger partial charge in [0.15, 0.2) is 5.96 Å². The molecule has 0 aliphatic carbocycles. The van der Waals surface area contributed by atoms with Gasteiger partial charge < -0.3 is 20.3 Å². The normalized spacial score (nSPS) is 16.7. The zero-order valence-electron chi connectivity index (χ0n) is 16.9. The van der Waals surface area contributed by atoms with E-state index in [1.807, 2.05) is 17.9 Å². The van der Waals surface area contributed by atoms with Crippen molar-refractivity contribution < 1.29 is 9.53 Å². The lowest BCUT2D eigenvalue weighted by atomic mass is 10.1. The molecule has 27 heavy (non-hydrogen) atoms. The molecule has 1 amide bonds. The van der Waals surface area contributed by atoms with Crippen LogP contribution in [-0.4, -0.2) is 56.1 Å². The zero-order chi connectivity index (χ0) is 18.9. The van der Waals surface area contributed by atoms with Crippen molar-refractivity contribution in [3.63, 3.8) is 0 Å². The number of ether oxygens (including phenoxy) is 1. The molecule has 7 heteroatoms. The largest absolute Gasteiger partial charge is 0.496 e. The number of nitrogens with zero attached hydrogens (tertiary/aromatic N) is 2. The highest BCUT2D eigenvalue weighted by Gasteiger charge is 2.25. The number of halogens is 1. The quantitative estimate of drug-likeness (QED) is 0.352. The van der Waals surface area contributed by atoms with Crippen molar-refractivity contribution in [1.29, 1.82) is 0 Å². The molecule has 6 nitrogen and oxygen atoms in total. The third-order valence-corrected chi connectivity index (χ3v) is 4.62. The maximum absolute atomic E-state index is 11.8. The third kappa shape index (κ3) is 7.20. The van der Waals surface area contributed by atoms with Gasteiger partial charge in [0.1, 0.15) is 5.75 Å². The smallest absolute Gasteiger partial charge is 0.222 e. The summed E-state index contributed by atoms with van der Waals surface area (Å²) in [5.41, 5.74) is 2.40. The molecule has 1 aliphatic heterocycles. The minimum Gasteiger partial charge on any atom is -0.496 e. The first-order valence-electron chi connectivity index (χ1n) is 9.53. The number of aryl methyl sites for hydroxylation is 1. The molecule has 1 aromatic carbocycles. The van der Waals surface area contributed by atoms with E-state index in [-0.39, 0.29) is 35.9 Å². The summed E-state index contributed by atoms with van der Waals surface area (Å²) in [5, 5.41) is 6.76. The predicted molar refractivity (Wildman–Crippen MR) is 121 cm³/mol. The number of carbonyl (C=O) groups excluding carboxylic acids is 1. The molecule has 0 saturated carbocycles. The van der Waals surface area contributed by atoms with Crippen molar-refractivity contribution in [3.8, 4) is 5.75 Å². The van der Waals surface area contributed by atoms with Gasteiger partial charge in [-0.15, -0.1) is 24.0 Å². The summed E-state index contributed by atoms with van der Waals surface area (Å²) in [6.07, 6.45) is 2.35. The second-order valence-corrected chi connectivity index (χ2v) is 6.65. The van der Waals surface area contributed by atoms with Crippen LogP contribution in [0.15, 0.2) is 23.2 Å². The fourth-order valence-corrected chi connectivity index (χ4v) is 3.23. The van der Waals surface area contributed by atoms with E-state index in [4.69, 9.17) is 9.73 Å². The summed E-state index contributed by atoms with van der Waals surface area (Å²) in [5.74, 6) is 1.95. The van der Waals surface area contributed by atoms with Crippen molar-refractivity contribution >= 4 is 35.8 Å². The van der Waals surface area contributed by atoms with E-state index in [2.05, 4.69) is 36.6 Å². The Labute approximate surface area is 180 Å². The summed E-state index contributed by atoms with van der Waals surface area (Å²) >= 11 is 0. The molecule has 2 N–H and O–H groups in total. The lowest BCUT2D eigenvalue weighted by Crippen LogP contribution is -2.45. The average molecular weight is 488 g/mol. The number of nitrogens with one attached hydrogen (secondary N) is 2. The lowest BCUT2D eigenvalue weighted by molar-refractivity contribution is -0.129. The molecule has 1 heterocycles. The number of guanidine groups is 1. The summed E-state index contributed by atoms with van der Waals surface area (Å²) in [4.78, 5) is 18.5. The van der Waals surface area contributed by atoms with Crippen molar-refractivity contribution in [2.24, 2.45) is 4.99 Å². The molecule has 0 bridgehead atoms. The Morgan fingerprint density at radius 2 is 2.15 bits per heavy atom. The monoisotopic (exact) mass is 488 g/mol. The lowest BCUT2D eigenvalue weighted by Gasteiger charge is -2.18. The maximum atomic E-state index is 11.8. The van der Waals surface area contributed by atoms with Gasteiger partial charge in [-0.1, -0.05) is 24.6 Å². The summed E-state index contributed by atoms with van der Waals surface area (Å²) in [7, 11) is 1.70. The highest BCUT2D eigenvalue weighted by Crippen LogP contribution is 2.20.